The topological polar surface area (TPSA) is 54.4 Å². The van der Waals surface area contributed by atoms with E-state index in [9.17, 15) is 14.7 Å². The van der Waals surface area contributed by atoms with Crippen LogP contribution in [0.4, 0.5) is 0 Å². The first-order valence-electron chi connectivity index (χ1n) is 9.54. The maximum Gasteiger partial charge on any atom is 0.190 e. The second kappa shape index (κ2) is 8.11. The van der Waals surface area contributed by atoms with E-state index < -0.39 is 0 Å². The van der Waals surface area contributed by atoms with Gasteiger partial charge in [-0.25, -0.2) is 0 Å². The minimum atomic E-state index is -0.328. The lowest BCUT2D eigenvalue weighted by molar-refractivity contribution is -0.119. The molecule has 1 N–H and O–H groups in total. The van der Waals surface area contributed by atoms with Crippen molar-refractivity contribution in [3.8, 4) is 5.75 Å². The van der Waals surface area contributed by atoms with Crippen molar-refractivity contribution in [2.45, 2.75) is 12.8 Å². The summed E-state index contributed by atoms with van der Waals surface area (Å²) in [7, 11) is 0. The number of hydrogen-bond donors (Lipinski definition) is 1. The zero-order chi connectivity index (χ0) is 20.2. The average Bonchev–Trinajstić information content (AvgIpc) is 3.01. The van der Waals surface area contributed by atoms with E-state index in [0.29, 0.717) is 5.57 Å². The summed E-state index contributed by atoms with van der Waals surface area (Å²) in [6.07, 6.45) is 13.8. The van der Waals surface area contributed by atoms with Gasteiger partial charge in [-0.15, -0.1) is 0 Å². The third kappa shape index (κ3) is 3.94. The summed E-state index contributed by atoms with van der Waals surface area (Å²) in [5.41, 5.74) is 3.97. The van der Waals surface area contributed by atoms with E-state index in [1.165, 1.54) is 6.08 Å². The molecule has 3 nitrogen and oxygen atoms in total. The Morgan fingerprint density at radius 2 is 1.86 bits per heavy atom. The molecule has 142 valence electrons. The molecule has 0 saturated heterocycles. The first-order valence-corrected chi connectivity index (χ1v) is 9.54. The summed E-state index contributed by atoms with van der Waals surface area (Å²) < 4.78 is 0. The van der Waals surface area contributed by atoms with Gasteiger partial charge in [0.15, 0.2) is 11.6 Å². The molecule has 0 unspecified atom stereocenters. The Morgan fingerprint density at radius 1 is 1.03 bits per heavy atom. The molecule has 0 amide bonds. The van der Waals surface area contributed by atoms with E-state index in [2.05, 4.69) is 0 Å². The standard InChI is InChI=1S/C26H20O3/c27-21-14-13-20-16-24(29)26(23(28)15-12-18-8-4-3-5-9-18)25(22(20)17-21)19-10-6-1-2-7-11-19/h1,3-15,17,27H,2,16H2/b15-12+. The molecule has 0 atom stereocenters. The zero-order valence-electron chi connectivity index (χ0n) is 15.8. The summed E-state index contributed by atoms with van der Waals surface area (Å²) in [5, 5.41) is 10.0. The zero-order valence-corrected chi connectivity index (χ0v) is 15.8. The fraction of sp³-hybridized carbons (Fsp3) is 0.0769. The van der Waals surface area contributed by atoms with Crippen LogP contribution in [0.3, 0.4) is 0 Å². The third-order valence-corrected chi connectivity index (χ3v) is 4.99. The first kappa shape index (κ1) is 18.6. The van der Waals surface area contributed by atoms with Crippen LogP contribution in [0.1, 0.15) is 23.1 Å². The number of Topliss-reactive ketones (excluding diaryl/α,β-unsaturated/α-hetero) is 1. The molecular weight excluding hydrogens is 360 g/mol. The number of phenolic OH excluding ortho intramolecular Hbond substituents is 1. The van der Waals surface area contributed by atoms with Crippen LogP contribution >= 0.6 is 0 Å². The summed E-state index contributed by atoms with van der Waals surface area (Å²) >= 11 is 0. The van der Waals surface area contributed by atoms with Crippen molar-refractivity contribution in [2.24, 2.45) is 0 Å². The highest BCUT2D eigenvalue weighted by molar-refractivity contribution is 6.32. The molecule has 0 aromatic heterocycles. The molecule has 2 aromatic carbocycles. The number of carbonyl (C=O) groups is 2. The highest BCUT2D eigenvalue weighted by atomic mass is 16.3. The molecule has 2 aliphatic carbocycles. The molecule has 0 heterocycles. The van der Waals surface area contributed by atoms with Gasteiger partial charge in [0.1, 0.15) is 5.75 Å². The molecule has 4 rings (SSSR count). The molecule has 3 heteroatoms. The highest BCUT2D eigenvalue weighted by Gasteiger charge is 2.30. The second-order valence-electron chi connectivity index (χ2n) is 6.99. The maximum absolute atomic E-state index is 13.1. The molecule has 0 bridgehead atoms. The van der Waals surface area contributed by atoms with E-state index >= 15 is 0 Å². The lowest BCUT2D eigenvalue weighted by Gasteiger charge is -2.22. The fourth-order valence-corrected chi connectivity index (χ4v) is 3.61. The Labute approximate surface area is 169 Å². The van der Waals surface area contributed by atoms with Crippen LogP contribution in [0, 0.1) is 0 Å². The lowest BCUT2D eigenvalue weighted by atomic mass is 9.79. The number of benzene rings is 2. The predicted octanol–water partition coefficient (Wildman–Crippen LogP) is 5.00. The van der Waals surface area contributed by atoms with Crippen molar-refractivity contribution in [1.29, 1.82) is 0 Å². The molecule has 0 saturated carbocycles. The number of phenols is 1. The van der Waals surface area contributed by atoms with Crippen LogP contribution in [0.2, 0.25) is 0 Å². The minimum absolute atomic E-state index is 0.107. The van der Waals surface area contributed by atoms with E-state index in [-0.39, 0.29) is 29.3 Å². The number of hydrogen-bond acceptors (Lipinski definition) is 3. The smallest absolute Gasteiger partial charge is 0.190 e. The number of aromatic hydroxyl groups is 1. The molecular formula is C26H20O3. The summed E-state index contributed by atoms with van der Waals surface area (Å²) in [6, 6.07) is 14.5. The number of allylic oxidation sites excluding steroid dienone is 9. The molecule has 0 fully saturated rings. The molecule has 2 aromatic rings. The Balaban J connectivity index is 1.87. The van der Waals surface area contributed by atoms with E-state index in [1.54, 1.807) is 24.3 Å². The van der Waals surface area contributed by atoms with Crippen LogP contribution in [-0.4, -0.2) is 16.7 Å². The van der Waals surface area contributed by atoms with Crippen LogP contribution in [0.15, 0.2) is 96.1 Å². The largest absolute Gasteiger partial charge is 0.508 e. The average molecular weight is 380 g/mol. The van der Waals surface area contributed by atoms with Crippen LogP contribution in [-0.2, 0) is 16.0 Å². The van der Waals surface area contributed by atoms with Gasteiger partial charge < -0.3 is 5.11 Å². The SMILES string of the molecule is O=C(/C=C/c1ccccc1)C1=C(C2=CC=CCC=C2)c2cc(O)ccc2CC1=O. The number of carbonyl (C=O) groups excluding carboxylic acids is 2. The molecule has 0 spiro atoms. The van der Waals surface area contributed by atoms with Gasteiger partial charge in [0.2, 0.25) is 0 Å². The summed E-state index contributed by atoms with van der Waals surface area (Å²) in [4.78, 5) is 26.1. The minimum Gasteiger partial charge on any atom is -0.508 e. The predicted molar refractivity (Wildman–Crippen MR) is 115 cm³/mol. The fourth-order valence-electron chi connectivity index (χ4n) is 3.61. The van der Waals surface area contributed by atoms with Crippen molar-refractivity contribution in [2.75, 3.05) is 0 Å². The Bertz CT molecular complexity index is 1130. The lowest BCUT2D eigenvalue weighted by Crippen LogP contribution is -2.21. The number of ketones is 2. The van der Waals surface area contributed by atoms with Gasteiger partial charge in [0.05, 0.1) is 5.57 Å². The number of fused-ring (bicyclic) bond motifs is 1. The van der Waals surface area contributed by atoms with E-state index in [4.69, 9.17) is 0 Å². The maximum atomic E-state index is 13.1. The molecule has 2 aliphatic rings. The van der Waals surface area contributed by atoms with Crippen LogP contribution in [0.5, 0.6) is 5.75 Å². The van der Waals surface area contributed by atoms with Gasteiger partial charge in [0, 0.05) is 12.0 Å². The van der Waals surface area contributed by atoms with Gasteiger partial charge in [-0.3, -0.25) is 9.59 Å². The quantitative estimate of drug-likeness (QED) is 0.600. The Hall–Kier alpha value is -3.72. The normalized spacial score (nSPS) is 16.0. The van der Waals surface area contributed by atoms with Crippen molar-refractivity contribution in [3.63, 3.8) is 0 Å². The van der Waals surface area contributed by atoms with Gasteiger partial charge in [-0.1, -0.05) is 72.9 Å². The van der Waals surface area contributed by atoms with Gasteiger partial charge in [0.25, 0.3) is 0 Å². The summed E-state index contributed by atoms with van der Waals surface area (Å²) in [6.45, 7) is 0. The van der Waals surface area contributed by atoms with Crippen molar-refractivity contribution in [3.05, 3.63) is 113 Å². The van der Waals surface area contributed by atoms with Gasteiger partial charge in [-0.05, 0) is 46.9 Å². The van der Waals surface area contributed by atoms with Gasteiger partial charge >= 0.3 is 0 Å². The van der Waals surface area contributed by atoms with Crippen molar-refractivity contribution in [1.82, 2.24) is 0 Å². The molecule has 0 radical (unpaired) electrons. The molecule has 29 heavy (non-hydrogen) atoms. The monoisotopic (exact) mass is 380 g/mol. The Morgan fingerprint density at radius 3 is 2.69 bits per heavy atom. The molecule has 0 aliphatic heterocycles. The van der Waals surface area contributed by atoms with Crippen LogP contribution < -0.4 is 0 Å². The highest BCUT2D eigenvalue weighted by Crippen LogP contribution is 2.38. The summed E-state index contributed by atoms with van der Waals surface area (Å²) in [5.74, 6) is -0.426. The second-order valence-corrected chi connectivity index (χ2v) is 6.99. The van der Waals surface area contributed by atoms with Crippen LogP contribution in [0.25, 0.3) is 11.6 Å². The Kier molecular flexibility index (Phi) is 5.21. The third-order valence-electron chi connectivity index (χ3n) is 4.99. The van der Waals surface area contributed by atoms with Crippen molar-refractivity contribution >= 4 is 23.2 Å². The number of rotatable bonds is 4. The van der Waals surface area contributed by atoms with Gasteiger partial charge in [-0.2, -0.15) is 0 Å². The van der Waals surface area contributed by atoms with E-state index in [1.807, 2.05) is 60.7 Å². The van der Waals surface area contributed by atoms with E-state index in [0.717, 1.165) is 28.7 Å². The first-order chi connectivity index (χ1) is 14.1. The van der Waals surface area contributed by atoms with Crippen molar-refractivity contribution < 1.29 is 14.7 Å².